The van der Waals surface area contributed by atoms with Crippen LogP contribution in [0.4, 0.5) is 5.69 Å². The fourth-order valence-corrected chi connectivity index (χ4v) is 4.08. The maximum absolute atomic E-state index is 12.3. The molecule has 0 saturated heterocycles. The first-order chi connectivity index (χ1) is 15.1. The molecule has 0 atom stereocenters. The molecule has 1 amide bonds. The van der Waals surface area contributed by atoms with Crippen molar-refractivity contribution in [2.75, 3.05) is 26.0 Å². The van der Waals surface area contributed by atoms with Crippen molar-refractivity contribution in [2.24, 2.45) is 7.05 Å². The molecule has 1 heterocycles. The Hall–Kier alpha value is -3.24. The van der Waals surface area contributed by atoms with Crippen LogP contribution in [0.3, 0.4) is 0 Å². The van der Waals surface area contributed by atoms with Crippen LogP contribution < -0.4 is 5.32 Å². The Bertz CT molecular complexity index is 1260. The summed E-state index contributed by atoms with van der Waals surface area (Å²) in [6, 6.07) is 12.1. The van der Waals surface area contributed by atoms with Gasteiger partial charge in [-0.2, -0.15) is 0 Å². The van der Waals surface area contributed by atoms with Crippen LogP contribution in [0.2, 0.25) is 0 Å². The molecule has 1 N–H and O–H groups in total. The van der Waals surface area contributed by atoms with Gasteiger partial charge in [0.25, 0.3) is 5.91 Å². The molecule has 9 nitrogen and oxygen atoms in total. The van der Waals surface area contributed by atoms with Gasteiger partial charge in [-0.05, 0) is 36.8 Å². The zero-order valence-corrected chi connectivity index (χ0v) is 19.3. The number of benzene rings is 2. The lowest BCUT2D eigenvalue weighted by Crippen LogP contribution is -2.22. The second-order valence-electron chi connectivity index (χ2n) is 7.55. The number of hydrogen-bond acceptors (Lipinski definition) is 6. The predicted molar refractivity (Wildman–Crippen MR) is 121 cm³/mol. The van der Waals surface area contributed by atoms with Crippen LogP contribution in [-0.2, 0) is 37.8 Å². The standard InChI is InChI=1S/C22H26N4O5S/c1-15-7-5-6-8-17(15)24-21(27)14-31-22(28)12-11-20-23-18-13-16(32(29,30)25(2)3)9-10-19(18)26(20)4/h5-10,13H,11-12,14H2,1-4H3,(H,24,27). The Morgan fingerprint density at radius 3 is 2.56 bits per heavy atom. The molecule has 0 aliphatic carbocycles. The number of ether oxygens (including phenoxy) is 1. The van der Waals surface area contributed by atoms with Crippen LogP contribution >= 0.6 is 0 Å². The first kappa shape index (κ1) is 23.4. The Morgan fingerprint density at radius 1 is 1.16 bits per heavy atom. The predicted octanol–water partition coefficient (Wildman–Crippen LogP) is 2.25. The van der Waals surface area contributed by atoms with E-state index in [0.29, 0.717) is 23.4 Å². The van der Waals surface area contributed by atoms with Crippen molar-refractivity contribution in [3.63, 3.8) is 0 Å². The van der Waals surface area contributed by atoms with Gasteiger partial charge in [-0.1, -0.05) is 18.2 Å². The lowest BCUT2D eigenvalue weighted by molar-refractivity contribution is -0.147. The van der Waals surface area contributed by atoms with E-state index in [9.17, 15) is 18.0 Å². The normalized spacial score (nSPS) is 11.7. The third-order valence-corrected chi connectivity index (χ3v) is 6.87. The minimum absolute atomic E-state index is 0.0393. The molecule has 1 aromatic heterocycles. The lowest BCUT2D eigenvalue weighted by atomic mass is 10.2. The molecule has 0 radical (unpaired) electrons. The average molecular weight is 459 g/mol. The van der Waals surface area contributed by atoms with Crippen molar-refractivity contribution in [2.45, 2.75) is 24.7 Å². The highest BCUT2D eigenvalue weighted by Crippen LogP contribution is 2.22. The van der Waals surface area contributed by atoms with Gasteiger partial charge in [-0.15, -0.1) is 0 Å². The number of imidazole rings is 1. The summed E-state index contributed by atoms with van der Waals surface area (Å²) in [6.07, 6.45) is 0.330. The monoisotopic (exact) mass is 458 g/mol. The summed E-state index contributed by atoms with van der Waals surface area (Å²) in [5, 5.41) is 2.71. The molecule has 0 saturated carbocycles. The molecule has 0 aliphatic heterocycles. The van der Waals surface area contributed by atoms with Gasteiger partial charge in [0.1, 0.15) is 5.82 Å². The number of para-hydroxylation sites is 1. The van der Waals surface area contributed by atoms with E-state index >= 15 is 0 Å². The first-order valence-corrected chi connectivity index (χ1v) is 11.4. The SMILES string of the molecule is Cc1ccccc1NC(=O)COC(=O)CCc1nc2cc(S(=O)(=O)N(C)C)ccc2n1C. The van der Waals surface area contributed by atoms with E-state index in [1.165, 1.54) is 26.2 Å². The summed E-state index contributed by atoms with van der Waals surface area (Å²) < 4.78 is 32.7. The number of hydrogen-bond donors (Lipinski definition) is 1. The molecule has 0 aliphatic rings. The van der Waals surface area contributed by atoms with E-state index in [2.05, 4.69) is 10.3 Å². The van der Waals surface area contributed by atoms with Crippen LogP contribution in [0.1, 0.15) is 17.8 Å². The number of carbonyl (C=O) groups excluding carboxylic acids is 2. The topological polar surface area (TPSA) is 111 Å². The number of sulfonamides is 1. The number of esters is 1. The molecule has 0 fully saturated rings. The smallest absolute Gasteiger partial charge is 0.306 e. The summed E-state index contributed by atoms with van der Waals surface area (Å²) in [5.74, 6) is -0.321. The van der Waals surface area contributed by atoms with E-state index in [1.54, 1.807) is 23.7 Å². The van der Waals surface area contributed by atoms with Crippen molar-refractivity contribution in [3.8, 4) is 0 Å². The van der Waals surface area contributed by atoms with Gasteiger partial charge in [0.15, 0.2) is 6.61 Å². The van der Waals surface area contributed by atoms with E-state index < -0.39 is 21.9 Å². The number of carbonyl (C=O) groups is 2. The van der Waals surface area contributed by atoms with Gasteiger partial charge in [0.2, 0.25) is 10.0 Å². The zero-order valence-electron chi connectivity index (χ0n) is 18.5. The van der Waals surface area contributed by atoms with E-state index in [1.807, 2.05) is 25.1 Å². The molecule has 170 valence electrons. The first-order valence-electron chi connectivity index (χ1n) is 9.98. The molecule has 10 heteroatoms. The maximum Gasteiger partial charge on any atom is 0.306 e. The Kier molecular flexibility index (Phi) is 6.95. The summed E-state index contributed by atoms with van der Waals surface area (Å²) in [6.45, 7) is 1.50. The molecule has 0 unspecified atom stereocenters. The highest BCUT2D eigenvalue weighted by molar-refractivity contribution is 7.89. The molecular weight excluding hydrogens is 432 g/mol. The Labute approximate surface area is 187 Å². The zero-order chi connectivity index (χ0) is 23.5. The number of aromatic nitrogens is 2. The fourth-order valence-electron chi connectivity index (χ4n) is 3.16. The number of nitrogens with one attached hydrogen (secondary N) is 1. The Morgan fingerprint density at radius 2 is 1.88 bits per heavy atom. The Balaban J connectivity index is 1.59. The van der Waals surface area contributed by atoms with Crippen molar-refractivity contribution in [3.05, 3.63) is 53.9 Å². The molecule has 0 bridgehead atoms. The number of rotatable bonds is 8. The second kappa shape index (κ2) is 9.49. The van der Waals surface area contributed by atoms with E-state index in [0.717, 1.165) is 15.4 Å². The summed E-state index contributed by atoms with van der Waals surface area (Å²) in [7, 11) is 1.17. The van der Waals surface area contributed by atoms with Gasteiger partial charge in [0, 0.05) is 33.3 Å². The number of nitrogens with zero attached hydrogens (tertiary/aromatic N) is 3. The number of aryl methyl sites for hydroxylation is 3. The molecule has 2 aromatic carbocycles. The molecule has 32 heavy (non-hydrogen) atoms. The van der Waals surface area contributed by atoms with Crippen LogP contribution in [0, 0.1) is 6.92 Å². The van der Waals surface area contributed by atoms with E-state index in [4.69, 9.17) is 4.74 Å². The van der Waals surface area contributed by atoms with Crippen LogP contribution in [0.15, 0.2) is 47.4 Å². The third kappa shape index (κ3) is 5.14. The molecule has 3 aromatic rings. The van der Waals surface area contributed by atoms with Gasteiger partial charge in [0.05, 0.1) is 22.3 Å². The van der Waals surface area contributed by atoms with Gasteiger partial charge < -0.3 is 14.6 Å². The van der Waals surface area contributed by atoms with Crippen molar-refractivity contribution >= 4 is 38.6 Å². The van der Waals surface area contributed by atoms with Crippen molar-refractivity contribution in [1.29, 1.82) is 0 Å². The number of fused-ring (bicyclic) bond motifs is 1. The van der Waals surface area contributed by atoms with Gasteiger partial charge in [-0.3, -0.25) is 9.59 Å². The van der Waals surface area contributed by atoms with Crippen molar-refractivity contribution in [1.82, 2.24) is 13.9 Å². The van der Waals surface area contributed by atoms with Crippen LogP contribution in [0.5, 0.6) is 0 Å². The molecule has 0 spiro atoms. The second-order valence-corrected chi connectivity index (χ2v) is 9.70. The summed E-state index contributed by atoms with van der Waals surface area (Å²) in [4.78, 5) is 28.7. The fraction of sp³-hybridized carbons (Fsp3) is 0.318. The highest BCUT2D eigenvalue weighted by atomic mass is 32.2. The lowest BCUT2D eigenvalue weighted by Gasteiger charge is -2.10. The average Bonchev–Trinajstić information content (AvgIpc) is 3.07. The summed E-state index contributed by atoms with van der Waals surface area (Å²) >= 11 is 0. The minimum atomic E-state index is -3.57. The molecule has 3 rings (SSSR count). The van der Waals surface area contributed by atoms with Gasteiger partial charge >= 0.3 is 5.97 Å². The number of amides is 1. The maximum atomic E-state index is 12.3. The highest BCUT2D eigenvalue weighted by Gasteiger charge is 2.19. The van der Waals surface area contributed by atoms with Crippen LogP contribution in [-0.4, -0.2) is 54.9 Å². The largest absolute Gasteiger partial charge is 0.456 e. The number of anilines is 1. The quantitative estimate of drug-likeness (QED) is 0.519. The summed E-state index contributed by atoms with van der Waals surface area (Å²) in [5.41, 5.74) is 2.86. The third-order valence-electron chi connectivity index (χ3n) is 5.06. The molecular formula is C22H26N4O5S. The van der Waals surface area contributed by atoms with Crippen molar-refractivity contribution < 1.29 is 22.7 Å². The minimum Gasteiger partial charge on any atom is -0.456 e. The van der Waals surface area contributed by atoms with E-state index in [-0.39, 0.29) is 17.9 Å². The van der Waals surface area contributed by atoms with Gasteiger partial charge in [-0.25, -0.2) is 17.7 Å². The van der Waals surface area contributed by atoms with Crippen LogP contribution in [0.25, 0.3) is 11.0 Å².